The highest BCUT2D eigenvalue weighted by atomic mass is 35.5. The van der Waals surface area contributed by atoms with Gasteiger partial charge in [-0.2, -0.15) is 5.26 Å². The number of nitriles is 1. The smallest absolute Gasteiger partial charge is 0.323 e. The zero-order chi connectivity index (χ0) is 71.5. The van der Waals surface area contributed by atoms with E-state index in [-0.39, 0.29) is 50.4 Å². The molecule has 0 saturated carbocycles. The van der Waals surface area contributed by atoms with Crippen LogP contribution in [0.1, 0.15) is 103 Å². The van der Waals surface area contributed by atoms with Crippen LogP contribution in [0, 0.1) is 75.0 Å². The van der Waals surface area contributed by atoms with Crippen LogP contribution in [-0.4, -0.2) is 63.3 Å². The Morgan fingerprint density at radius 1 is 0.536 bits per heavy atom. The predicted octanol–water partition coefficient (Wildman–Crippen LogP) is 17.5. The predicted molar refractivity (Wildman–Crippen MR) is 364 cm³/mol. The van der Waals surface area contributed by atoms with Crippen LogP contribution in [-0.2, 0) is 20.8 Å². The van der Waals surface area contributed by atoms with Gasteiger partial charge in [0.15, 0.2) is 47.3 Å². The largest absolute Gasteiger partial charge is 0.506 e. The van der Waals surface area contributed by atoms with Gasteiger partial charge in [-0.1, -0.05) is 110 Å². The van der Waals surface area contributed by atoms with E-state index in [1.54, 1.807) is 55.5 Å². The second-order valence-electron chi connectivity index (χ2n) is 22.0. The van der Waals surface area contributed by atoms with Gasteiger partial charge in [0.1, 0.15) is 34.3 Å². The quantitative estimate of drug-likeness (QED) is 0.0141. The first-order valence-corrected chi connectivity index (χ1v) is 31.2. The standard InChI is InChI=1S/C28H30N4O4.C24H18ClF5N2O4.C19H21Cl2NO3/c1-4-5-6-26(36-25-14-7-18(2)15-19(25)3)27(34)30-22-12-13-23(24(33)16-22)32-28(35)31-21-10-8-20(17-29)9-11-21;1-9-4-5-16(10(2)6-9)36-11(3)23(34)31-13-8-15(33)14(7-12(13)25)32-24(35)17-18(26)20(28)22(30)21(29)19(17)27;1-4-13-14(20)10-15(18(23)17(13)21)22-19(24)16(5-2)25-12-8-6-7-11(3)9-12/h7-16,26,33H,4-6H2,1-3H3,(H,30,34)(H2,31,32,35);4-8,11,33H,1-3H3,(H,31,34)(H,32,35);6-10,16,23H,4-5H2,1-3H3,(H,22,24). The monoisotopic (exact) mass is 1400 g/mol. The van der Waals surface area contributed by atoms with Gasteiger partial charge in [-0.3, -0.25) is 19.2 Å². The van der Waals surface area contributed by atoms with E-state index in [2.05, 4.69) is 26.6 Å². The number of hydrogen-bond donors (Lipinski definition) is 9. The summed E-state index contributed by atoms with van der Waals surface area (Å²) in [4.78, 5) is 62.6. The van der Waals surface area contributed by atoms with E-state index < -0.39 is 82.2 Å². The molecule has 0 bridgehead atoms. The number of anilines is 6. The second kappa shape index (κ2) is 34.9. The summed E-state index contributed by atoms with van der Waals surface area (Å²) < 4.78 is 85.3. The number of halogens is 8. The van der Waals surface area contributed by atoms with Gasteiger partial charge in [0.2, 0.25) is 5.82 Å². The molecule has 0 aliphatic rings. The third-order valence-corrected chi connectivity index (χ3v) is 15.4. The summed E-state index contributed by atoms with van der Waals surface area (Å²) in [6, 6.07) is 34.3. The first kappa shape index (κ1) is 75.7. The molecule has 9 N–H and O–H groups in total. The molecule has 0 radical (unpaired) electrons. The topological polar surface area (TPSA) is 270 Å². The van der Waals surface area contributed by atoms with Crippen molar-refractivity contribution in [3.05, 3.63) is 210 Å². The maximum absolute atomic E-state index is 13.9. The van der Waals surface area contributed by atoms with Crippen molar-refractivity contribution in [2.45, 2.75) is 113 Å². The summed E-state index contributed by atoms with van der Waals surface area (Å²) in [6.45, 7) is 16.9. The highest BCUT2D eigenvalue weighted by Crippen LogP contribution is 2.40. The number of benzene rings is 8. The Bertz CT molecular complexity index is 4250. The molecule has 8 aromatic carbocycles. The first-order chi connectivity index (χ1) is 46.0. The number of phenols is 3. The second-order valence-corrected chi connectivity index (χ2v) is 23.2. The van der Waals surface area contributed by atoms with Crippen LogP contribution in [0.4, 0.5) is 60.9 Å². The fourth-order valence-electron chi connectivity index (χ4n) is 9.18. The lowest BCUT2D eigenvalue weighted by atomic mass is 10.1. The maximum Gasteiger partial charge on any atom is 0.323 e. The van der Waals surface area contributed by atoms with Crippen molar-refractivity contribution in [3.63, 3.8) is 0 Å². The zero-order valence-corrected chi connectivity index (χ0v) is 56.2. The molecule has 0 heterocycles. The minimum atomic E-state index is -2.43. The molecule has 0 fully saturated rings. The van der Waals surface area contributed by atoms with E-state index in [4.69, 9.17) is 54.3 Å². The van der Waals surface area contributed by atoms with Crippen molar-refractivity contribution in [2.24, 2.45) is 0 Å². The number of nitrogens with zero attached hydrogens (tertiary/aromatic N) is 1. The van der Waals surface area contributed by atoms with Gasteiger partial charge in [0.05, 0.1) is 44.4 Å². The normalized spacial score (nSPS) is 11.5. The van der Waals surface area contributed by atoms with Crippen LogP contribution >= 0.6 is 34.8 Å². The third kappa shape index (κ3) is 20.6. The summed E-state index contributed by atoms with van der Waals surface area (Å²) in [5, 5.41) is 54.9. The summed E-state index contributed by atoms with van der Waals surface area (Å²) in [7, 11) is 0. The Morgan fingerprint density at radius 2 is 1.09 bits per heavy atom. The number of amides is 6. The third-order valence-electron chi connectivity index (χ3n) is 14.4. The Labute approximate surface area is 571 Å². The lowest BCUT2D eigenvalue weighted by molar-refractivity contribution is -0.123. The number of urea groups is 1. The lowest BCUT2D eigenvalue weighted by Crippen LogP contribution is -2.33. The molecule has 18 nitrogen and oxygen atoms in total. The summed E-state index contributed by atoms with van der Waals surface area (Å²) >= 11 is 18.4. The highest BCUT2D eigenvalue weighted by Gasteiger charge is 2.31. The lowest BCUT2D eigenvalue weighted by Gasteiger charge is -2.20. The number of aryl methyl sites for hydroxylation is 5. The molecule has 26 heteroatoms. The minimum absolute atomic E-state index is 0.107. The molecular formula is C71H69Cl3F5N7O11. The van der Waals surface area contributed by atoms with Crippen molar-refractivity contribution in [1.82, 2.24) is 0 Å². The fraction of sp³-hybridized carbons (Fsp3) is 0.239. The van der Waals surface area contributed by atoms with Gasteiger partial charge < -0.3 is 61.4 Å². The van der Waals surface area contributed by atoms with Crippen molar-refractivity contribution in [1.29, 1.82) is 5.26 Å². The molecule has 6 amide bonds. The van der Waals surface area contributed by atoms with Crippen LogP contribution in [0.15, 0.2) is 121 Å². The SMILES string of the molecule is CCCCC(Oc1ccc(C)cc1C)C(=O)Nc1ccc(NC(=O)Nc2ccc(C#N)cc2)c(O)c1.CCc1c(Cl)cc(NC(=O)C(CC)Oc2cccc(C)c2)c(O)c1Cl.Cc1ccc(OC(C)C(=O)Nc2cc(O)c(NC(=O)c3c(F)c(F)c(F)c(F)c3F)cc2Cl)c(C)c1. The van der Waals surface area contributed by atoms with Gasteiger partial charge in [-0.15, -0.1) is 0 Å². The number of nitrogens with one attached hydrogen (secondary N) is 6. The van der Waals surface area contributed by atoms with E-state index in [0.717, 1.165) is 52.8 Å². The molecule has 510 valence electrons. The summed E-state index contributed by atoms with van der Waals surface area (Å²) in [6.07, 6.45) is 0.962. The fourth-order valence-corrected chi connectivity index (χ4v) is 10.1. The minimum Gasteiger partial charge on any atom is -0.506 e. The van der Waals surface area contributed by atoms with Crippen LogP contribution < -0.4 is 46.1 Å². The van der Waals surface area contributed by atoms with Gasteiger partial charge in [0, 0.05) is 28.5 Å². The number of unbranched alkanes of at least 4 members (excludes halogenated alkanes) is 1. The van der Waals surface area contributed by atoms with Crippen LogP contribution in [0.25, 0.3) is 0 Å². The average Bonchev–Trinajstić information content (AvgIpc) is 2.09. The van der Waals surface area contributed by atoms with Crippen LogP contribution in [0.3, 0.4) is 0 Å². The number of hydrogen-bond acceptors (Lipinski definition) is 12. The van der Waals surface area contributed by atoms with E-state index in [1.165, 1.54) is 25.1 Å². The van der Waals surface area contributed by atoms with E-state index in [9.17, 15) is 61.2 Å². The molecule has 0 aromatic heterocycles. The zero-order valence-electron chi connectivity index (χ0n) is 53.9. The number of rotatable bonds is 21. The number of carbonyl (C=O) groups excluding carboxylic acids is 5. The number of phenolic OH excluding ortho intramolecular Hbond substituents is 3. The molecule has 0 aliphatic heterocycles. The highest BCUT2D eigenvalue weighted by molar-refractivity contribution is 6.38. The molecule has 3 unspecified atom stereocenters. The number of ether oxygens (including phenoxy) is 3. The molecule has 97 heavy (non-hydrogen) atoms. The van der Waals surface area contributed by atoms with Gasteiger partial charge in [-0.05, 0) is 162 Å². The van der Waals surface area contributed by atoms with Crippen LogP contribution in [0.2, 0.25) is 15.1 Å². The summed E-state index contributed by atoms with van der Waals surface area (Å²) in [5.74, 6) is -14.2. The molecule has 0 spiro atoms. The Hall–Kier alpha value is -10.3. The molecule has 0 saturated heterocycles. The van der Waals surface area contributed by atoms with Crippen LogP contribution in [0.5, 0.6) is 34.5 Å². The van der Waals surface area contributed by atoms with Crippen molar-refractivity contribution >= 4 is 98.6 Å². The van der Waals surface area contributed by atoms with E-state index in [0.29, 0.717) is 64.0 Å². The number of carbonyl (C=O) groups is 5. The van der Waals surface area contributed by atoms with Crippen molar-refractivity contribution in [2.75, 3.05) is 31.9 Å². The molecule has 0 aliphatic carbocycles. The molecule has 8 aromatic rings. The molecular weight excluding hydrogens is 1330 g/mol. The summed E-state index contributed by atoms with van der Waals surface area (Å²) in [5.41, 5.74) is 4.88. The van der Waals surface area contributed by atoms with E-state index >= 15 is 0 Å². The van der Waals surface area contributed by atoms with Gasteiger partial charge in [-0.25, -0.2) is 26.7 Å². The van der Waals surface area contributed by atoms with Gasteiger partial charge in [0.25, 0.3) is 23.6 Å². The number of aromatic hydroxyl groups is 3. The Kier molecular flexibility index (Phi) is 27.3. The molecule has 8 rings (SSSR count). The van der Waals surface area contributed by atoms with E-state index in [1.807, 2.05) is 102 Å². The average molecular weight is 1400 g/mol. The van der Waals surface area contributed by atoms with Gasteiger partial charge >= 0.3 is 6.03 Å². The van der Waals surface area contributed by atoms with Crippen molar-refractivity contribution in [3.8, 4) is 40.6 Å². The molecule has 3 atom stereocenters. The first-order valence-electron chi connectivity index (χ1n) is 30.1. The van der Waals surface area contributed by atoms with Crippen molar-refractivity contribution < 1.29 is 75.5 Å². The Balaban J connectivity index is 0.000000234. The maximum atomic E-state index is 13.9. The Morgan fingerprint density at radius 3 is 1.66 bits per heavy atom.